The van der Waals surface area contributed by atoms with Crippen LogP contribution in [0.2, 0.25) is 5.02 Å². The van der Waals surface area contributed by atoms with Crippen LogP contribution in [0.15, 0.2) is 41.3 Å². The molecule has 0 unspecified atom stereocenters. The smallest absolute Gasteiger partial charge is 0.339 e. The summed E-state index contributed by atoms with van der Waals surface area (Å²) >= 11 is 5.78. The van der Waals surface area contributed by atoms with E-state index in [9.17, 15) is 28.6 Å². The van der Waals surface area contributed by atoms with Gasteiger partial charge in [0, 0.05) is 23.8 Å². The molecule has 0 atom stereocenters. The molecule has 11 heteroatoms. The lowest BCUT2D eigenvalue weighted by atomic mass is 10.2. The van der Waals surface area contributed by atoms with E-state index in [2.05, 4.69) is 0 Å². The zero-order valence-corrected chi connectivity index (χ0v) is 13.6. The van der Waals surface area contributed by atoms with Gasteiger partial charge in [-0.25, -0.2) is 0 Å². The molecular weight excluding hydrogens is 364 g/mol. The lowest BCUT2D eigenvalue weighted by molar-refractivity contribution is -0.385. The second-order valence-corrected chi connectivity index (χ2v) is 6.57. The number of non-ortho nitro benzene ring substituents is 1. The number of nitrogens with zero attached hydrogens (tertiary/aromatic N) is 2. The van der Waals surface area contributed by atoms with Crippen molar-refractivity contribution in [2.75, 3.05) is 0 Å². The summed E-state index contributed by atoms with van der Waals surface area (Å²) in [4.78, 5) is 19.8. The third-order valence-electron chi connectivity index (χ3n) is 2.98. The Morgan fingerprint density at radius 1 is 1.04 bits per heavy atom. The van der Waals surface area contributed by atoms with Gasteiger partial charge in [0.15, 0.2) is 5.75 Å². The fourth-order valence-corrected chi connectivity index (χ4v) is 3.12. The van der Waals surface area contributed by atoms with Crippen molar-refractivity contribution in [1.82, 2.24) is 0 Å². The fourth-order valence-electron chi connectivity index (χ4n) is 1.83. The zero-order valence-electron chi connectivity index (χ0n) is 12.0. The first-order valence-electron chi connectivity index (χ1n) is 6.25. The number of rotatable bonds is 5. The van der Waals surface area contributed by atoms with Crippen molar-refractivity contribution < 1.29 is 22.4 Å². The monoisotopic (exact) mass is 372 g/mol. The van der Waals surface area contributed by atoms with Gasteiger partial charge in [0.2, 0.25) is 0 Å². The van der Waals surface area contributed by atoms with E-state index in [0.717, 1.165) is 36.4 Å². The number of hydrogen-bond acceptors (Lipinski definition) is 7. The van der Waals surface area contributed by atoms with Gasteiger partial charge in [-0.2, -0.15) is 8.42 Å². The molecule has 2 aromatic rings. The van der Waals surface area contributed by atoms with E-state index in [-0.39, 0.29) is 32.6 Å². The molecule has 0 aromatic heterocycles. The Bertz CT molecular complexity index is 943. The van der Waals surface area contributed by atoms with Crippen LogP contribution >= 0.6 is 11.6 Å². The Hall–Kier alpha value is -2.72. The van der Waals surface area contributed by atoms with Crippen molar-refractivity contribution in [1.29, 1.82) is 0 Å². The Labute approximate surface area is 140 Å². The molecule has 0 bridgehead atoms. The Morgan fingerprint density at radius 2 is 1.71 bits per heavy atom. The van der Waals surface area contributed by atoms with Crippen LogP contribution in [0.25, 0.3) is 0 Å². The zero-order chi connectivity index (χ0) is 18.1. The standard InChI is InChI=1S/C13H9ClN2O7S/c1-8-6-10(3-4-12(8)16(19)20)24(21,22)23-13-5-2-9(15(17)18)7-11(13)14/h2-7H,1H3. The summed E-state index contributed by atoms with van der Waals surface area (Å²) in [5, 5.41) is 21.1. The highest BCUT2D eigenvalue weighted by molar-refractivity contribution is 7.87. The summed E-state index contributed by atoms with van der Waals surface area (Å²) < 4.78 is 29.3. The molecule has 0 spiro atoms. The van der Waals surface area contributed by atoms with Crippen molar-refractivity contribution in [2.24, 2.45) is 0 Å². The molecule has 0 aliphatic rings. The third kappa shape index (κ3) is 3.60. The van der Waals surface area contributed by atoms with Crippen LogP contribution in [-0.2, 0) is 10.1 Å². The van der Waals surface area contributed by atoms with Crippen LogP contribution in [0.1, 0.15) is 5.56 Å². The van der Waals surface area contributed by atoms with Crippen LogP contribution in [-0.4, -0.2) is 18.3 Å². The first kappa shape index (κ1) is 17.6. The number of halogens is 1. The van der Waals surface area contributed by atoms with E-state index >= 15 is 0 Å². The number of aryl methyl sites for hydroxylation is 1. The number of nitro benzene ring substituents is 2. The van der Waals surface area contributed by atoms with Gasteiger partial charge in [0.05, 0.1) is 14.9 Å². The van der Waals surface area contributed by atoms with Crippen LogP contribution in [0, 0.1) is 27.2 Å². The maximum absolute atomic E-state index is 12.2. The minimum absolute atomic E-state index is 0.138. The highest BCUT2D eigenvalue weighted by Crippen LogP contribution is 2.31. The summed E-state index contributed by atoms with van der Waals surface area (Å²) in [7, 11) is -4.31. The molecule has 0 fully saturated rings. The second kappa shape index (κ2) is 6.42. The molecule has 2 rings (SSSR count). The van der Waals surface area contributed by atoms with Gasteiger partial charge in [-0.1, -0.05) is 11.6 Å². The maximum Gasteiger partial charge on any atom is 0.339 e. The predicted octanol–water partition coefficient (Wildman–Crippen LogP) is 3.23. The molecule has 0 N–H and O–H groups in total. The summed E-state index contributed by atoms with van der Waals surface area (Å²) in [6.45, 7) is 1.38. The quantitative estimate of drug-likeness (QED) is 0.447. The largest absolute Gasteiger partial charge is 0.377 e. The summed E-state index contributed by atoms with van der Waals surface area (Å²) in [6, 6.07) is 6.21. The molecule has 0 aliphatic heterocycles. The summed E-state index contributed by atoms with van der Waals surface area (Å²) in [5.41, 5.74) is -0.419. The molecule has 0 radical (unpaired) electrons. The molecular formula is C13H9ClN2O7S. The van der Waals surface area contributed by atoms with Crippen molar-refractivity contribution >= 4 is 33.1 Å². The average Bonchev–Trinajstić information content (AvgIpc) is 2.48. The minimum atomic E-state index is -4.31. The Kier molecular flexibility index (Phi) is 4.71. The van der Waals surface area contributed by atoms with E-state index in [1.807, 2.05) is 0 Å². The van der Waals surface area contributed by atoms with Gasteiger partial charge in [-0.15, -0.1) is 0 Å². The van der Waals surface area contributed by atoms with E-state index in [0.29, 0.717) is 0 Å². The normalized spacial score (nSPS) is 11.1. The fraction of sp³-hybridized carbons (Fsp3) is 0.0769. The highest BCUT2D eigenvalue weighted by Gasteiger charge is 2.22. The van der Waals surface area contributed by atoms with E-state index in [1.165, 1.54) is 6.92 Å². The lowest BCUT2D eigenvalue weighted by Crippen LogP contribution is -2.10. The molecule has 9 nitrogen and oxygen atoms in total. The van der Waals surface area contributed by atoms with E-state index < -0.39 is 20.0 Å². The van der Waals surface area contributed by atoms with Crippen molar-refractivity contribution in [2.45, 2.75) is 11.8 Å². The first-order chi connectivity index (χ1) is 11.1. The second-order valence-electron chi connectivity index (χ2n) is 4.61. The van der Waals surface area contributed by atoms with Gasteiger partial charge >= 0.3 is 10.1 Å². The van der Waals surface area contributed by atoms with Crippen LogP contribution in [0.5, 0.6) is 5.75 Å². The molecule has 0 saturated carbocycles. The molecule has 2 aromatic carbocycles. The molecule has 126 valence electrons. The van der Waals surface area contributed by atoms with E-state index in [1.54, 1.807) is 0 Å². The molecule has 0 saturated heterocycles. The summed E-state index contributed by atoms with van der Waals surface area (Å²) in [5.74, 6) is -0.293. The van der Waals surface area contributed by atoms with Gasteiger partial charge in [0.25, 0.3) is 11.4 Å². The molecule has 24 heavy (non-hydrogen) atoms. The number of benzene rings is 2. The Morgan fingerprint density at radius 3 is 2.21 bits per heavy atom. The van der Waals surface area contributed by atoms with Gasteiger partial charge in [0.1, 0.15) is 4.90 Å². The maximum atomic E-state index is 12.2. The highest BCUT2D eigenvalue weighted by atomic mass is 35.5. The van der Waals surface area contributed by atoms with Crippen molar-refractivity contribution in [3.63, 3.8) is 0 Å². The predicted molar refractivity (Wildman–Crippen MR) is 83.8 cm³/mol. The van der Waals surface area contributed by atoms with Crippen molar-refractivity contribution in [3.8, 4) is 5.75 Å². The minimum Gasteiger partial charge on any atom is -0.377 e. The number of hydrogen-bond donors (Lipinski definition) is 0. The lowest BCUT2D eigenvalue weighted by Gasteiger charge is -2.09. The van der Waals surface area contributed by atoms with Crippen LogP contribution < -0.4 is 4.18 Å². The Balaban J connectivity index is 2.37. The van der Waals surface area contributed by atoms with Crippen LogP contribution in [0.3, 0.4) is 0 Å². The third-order valence-corrected chi connectivity index (χ3v) is 4.51. The SMILES string of the molecule is Cc1cc(S(=O)(=O)Oc2ccc([N+](=O)[O-])cc2Cl)ccc1[N+](=O)[O-]. The average molecular weight is 373 g/mol. The van der Waals surface area contributed by atoms with Gasteiger partial charge in [-0.05, 0) is 25.1 Å². The van der Waals surface area contributed by atoms with Crippen molar-refractivity contribution in [3.05, 3.63) is 67.2 Å². The molecule has 0 amide bonds. The van der Waals surface area contributed by atoms with Crippen LogP contribution in [0.4, 0.5) is 11.4 Å². The summed E-state index contributed by atoms with van der Waals surface area (Å²) in [6.07, 6.45) is 0. The topological polar surface area (TPSA) is 130 Å². The molecule has 0 heterocycles. The van der Waals surface area contributed by atoms with E-state index in [4.69, 9.17) is 15.8 Å². The molecule has 0 aliphatic carbocycles. The van der Waals surface area contributed by atoms with Gasteiger partial charge in [-0.3, -0.25) is 20.2 Å². The number of nitro groups is 2. The van der Waals surface area contributed by atoms with Gasteiger partial charge < -0.3 is 4.18 Å². The first-order valence-corrected chi connectivity index (χ1v) is 8.04.